The van der Waals surface area contributed by atoms with Gasteiger partial charge in [0.2, 0.25) is 0 Å². The average Bonchev–Trinajstić information content (AvgIpc) is 3.31. The molecule has 0 N–H and O–H groups in total. The number of amides is 1. The van der Waals surface area contributed by atoms with Crippen molar-refractivity contribution < 1.29 is 13.9 Å². The van der Waals surface area contributed by atoms with Crippen LogP contribution in [0, 0.1) is 5.92 Å². The van der Waals surface area contributed by atoms with Crippen LogP contribution in [0.15, 0.2) is 41.1 Å². The number of hydrogen-bond donors (Lipinski definition) is 0. The molecule has 3 aromatic rings. The summed E-state index contributed by atoms with van der Waals surface area (Å²) in [4.78, 5) is 23.0. The van der Waals surface area contributed by atoms with Crippen molar-refractivity contribution in [3.63, 3.8) is 0 Å². The van der Waals surface area contributed by atoms with Crippen molar-refractivity contribution in [3.05, 3.63) is 48.3 Å². The van der Waals surface area contributed by atoms with Gasteiger partial charge in [-0.2, -0.15) is 0 Å². The van der Waals surface area contributed by atoms with Crippen molar-refractivity contribution in [3.8, 4) is 0 Å². The number of carbonyl (C=O) groups excluding carboxylic acids is 1. The Hall–Kier alpha value is -2.83. The van der Waals surface area contributed by atoms with Gasteiger partial charge in [0.15, 0.2) is 5.65 Å². The van der Waals surface area contributed by atoms with Crippen molar-refractivity contribution in [2.75, 3.05) is 19.7 Å². The van der Waals surface area contributed by atoms with Crippen LogP contribution in [0.5, 0.6) is 0 Å². The maximum Gasteiger partial charge on any atom is 0.409 e. The second-order valence-electron chi connectivity index (χ2n) is 6.87. The van der Waals surface area contributed by atoms with Crippen LogP contribution >= 0.6 is 0 Å². The number of carbonyl (C=O) groups is 1. The van der Waals surface area contributed by atoms with E-state index in [2.05, 4.69) is 9.55 Å². The van der Waals surface area contributed by atoms with Gasteiger partial charge in [-0.05, 0) is 49.9 Å². The Balaban J connectivity index is 1.50. The van der Waals surface area contributed by atoms with Crippen molar-refractivity contribution in [2.45, 2.75) is 32.7 Å². The summed E-state index contributed by atoms with van der Waals surface area (Å²) in [5.74, 6) is 2.40. The van der Waals surface area contributed by atoms with Crippen molar-refractivity contribution in [1.29, 1.82) is 0 Å². The molecule has 0 saturated carbocycles. The Labute approximate surface area is 158 Å². The van der Waals surface area contributed by atoms with Crippen molar-refractivity contribution in [1.82, 2.24) is 19.4 Å². The topological polar surface area (TPSA) is 73.4 Å². The molecular weight excluding hydrogens is 344 g/mol. The Bertz CT molecular complexity index is 895. The van der Waals surface area contributed by atoms with Gasteiger partial charge in [-0.1, -0.05) is 0 Å². The lowest BCUT2D eigenvalue weighted by atomic mass is 9.93. The van der Waals surface area contributed by atoms with Crippen LogP contribution in [0.1, 0.15) is 31.4 Å². The molecule has 0 bridgehead atoms. The lowest BCUT2D eigenvalue weighted by Crippen LogP contribution is -2.39. The summed E-state index contributed by atoms with van der Waals surface area (Å²) in [5, 5.41) is 0. The normalized spacial score (nSPS) is 15.4. The highest BCUT2D eigenvalue weighted by Crippen LogP contribution is 2.24. The van der Waals surface area contributed by atoms with Crippen LogP contribution in [-0.2, 0) is 17.7 Å². The maximum absolute atomic E-state index is 11.9. The summed E-state index contributed by atoms with van der Waals surface area (Å²) >= 11 is 0. The minimum Gasteiger partial charge on any atom is -0.467 e. The SMILES string of the molecule is CCOC(=O)N1CCC(Cc2nc3cccnc3n2Cc2ccco2)CC1. The summed E-state index contributed by atoms with van der Waals surface area (Å²) < 4.78 is 12.8. The number of ether oxygens (including phenoxy) is 1. The number of nitrogens with zero attached hydrogens (tertiary/aromatic N) is 4. The molecule has 1 fully saturated rings. The van der Waals surface area contributed by atoms with E-state index in [9.17, 15) is 4.79 Å². The van der Waals surface area contributed by atoms with Crippen molar-refractivity contribution in [2.24, 2.45) is 5.92 Å². The summed E-state index contributed by atoms with van der Waals surface area (Å²) in [5.41, 5.74) is 1.79. The van der Waals surface area contributed by atoms with Crippen LogP contribution in [-0.4, -0.2) is 45.2 Å². The lowest BCUT2D eigenvalue weighted by molar-refractivity contribution is 0.0916. The van der Waals surface area contributed by atoms with E-state index in [1.165, 1.54) is 0 Å². The molecule has 0 aliphatic carbocycles. The molecule has 1 saturated heterocycles. The number of piperidine rings is 1. The molecule has 4 heterocycles. The van der Waals surface area contributed by atoms with E-state index in [-0.39, 0.29) is 6.09 Å². The third-order valence-corrected chi connectivity index (χ3v) is 5.09. The van der Waals surface area contributed by atoms with Crippen LogP contribution < -0.4 is 0 Å². The summed E-state index contributed by atoms with van der Waals surface area (Å²) in [6, 6.07) is 7.77. The smallest absolute Gasteiger partial charge is 0.409 e. The highest BCUT2D eigenvalue weighted by Gasteiger charge is 2.25. The maximum atomic E-state index is 11.9. The number of fused-ring (bicyclic) bond motifs is 1. The second kappa shape index (κ2) is 7.82. The van der Waals surface area contributed by atoms with E-state index < -0.39 is 0 Å². The Morgan fingerprint density at radius 2 is 2.15 bits per heavy atom. The fourth-order valence-corrected chi connectivity index (χ4v) is 3.68. The van der Waals surface area contributed by atoms with Gasteiger partial charge < -0.3 is 18.6 Å². The molecule has 0 spiro atoms. The zero-order valence-electron chi connectivity index (χ0n) is 15.5. The molecule has 4 rings (SSSR count). The molecule has 0 aromatic carbocycles. The summed E-state index contributed by atoms with van der Waals surface area (Å²) in [6.07, 6.45) is 6.06. The minimum absolute atomic E-state index is 0.204. The lowest BCUT2D eigenvalue weighted by Gasteiger charge is -2.31. The number of pyridine rings is 1. The number of likely N-dealkylation sites (tertiary alicyclic amines) is 1. The zero-order chi connectivity index (χ0) is 18.6. The first kappa shape index (κ1) is 17.6. The molecule has 1 aliphatic heterocycles. The fraction of sp³-hybridized carbons (Fsp3) is 0.450. The van der Waals surface area contributed by atoms with Gasteiger partial charge in [-0.25, -0.2) is 14.8 Å². The van der Waals surface area contributed by atoms with Gasteiger partial charge in [0.25, 0.3) is 0 Å². The average molecular weight is 368 g/mol. The van der Waals surface area contributed by atoms with Crippen LogP contribution in [0.2, 0.25) is 0 Å². The first-order valence-corrected chi connectivity index (χ1v) is 9.48. The number of hydrogen-bond acceptors (Lipinski definition) is 5. The Morgan fingerprint density at radius 1 is 1.30 bits per heavy atom. The third kappa shape index (κ3) is 3.82. The predicted molar refractivity (Wildman–Crippen MR) is 100 cm³/mol. The molecule has 7 nitrogen and oxygen atoms in total. The van der Waals surface area contributed by atoms with Gasteiger partial charge in [0.05, 0.1) is 19.4 Å². The van der Waals surface area contributed by atoms with Crippen LogP contribution in [0.3, 0.4) is 0 Å². The second-order valence-corrected chi connectivity index (χ2v) is 6.87. The van der Waals surface area contributed by atoms with Gasteiger partial charge >= 0.3 is 6.09 Å². The van der Waals surface area contributed by atoms with E-state index in [0.29, 0.717) is 19.1 Å². The highest BCUT2D eigenvalue weighted by atomic mass is 16.6. The summed E-state index contributed by atoms with van der Waals surface area (Å²) in [6.45, 7) is 4.35. The first-order valence-electron chi connectivity index (χ1n) is 9.48. The Kier molecular flexibility index (Phi) is 5.09. The zero-order valence-corrected chi connectivity index (χ0v) is 15.5. The number of furan rings is 1. The van der Waals surface area contributed by atoms with E-state index in [1.807, 2.05) is 31.2 Å². The van der Waals surface area contributed by atoms with E-state index in [0.717, 1.165) is 55.1 Å². The largest absolute Gasteiger partial charge is 0.467 e. The van der Waals surface area contributed by atoms with Gasteiger partial charge in [-0.15, -0.1) is 0 Å². The molecule has 0 atom stereocenters. The number of imidazole rings is 1. The van der Waals surface area contributed by atoms with Crippen molar-refractivity contribution >= 4 is 17.3 Å². The third-order valence-electron chi connectivity index (χ3n) is 5.09. The predicted octanol–water partition coefficient (Wildman–Crippen LogP) is 3.48. The molecule has 0 radical (unpaired) electrons. The quantitative estimate of drug-likeness (QED) is 0.689. The van der Waals surface area contributed by atoms with E-state index in [1.54, 1.807) is 17.4 Å². The monoisotopic (exact) mass is 368 g/mol. The molecule has 0 unspecified atom stereocenters. The molecule has 1 amide bonds. The minimum atomic E-state index is -0.204. The number of aromatic nitrogens is 3. The van der Waals surface area contributed by atoms with E-state index >= 15 is 0 Å². The van der Waals surface area contributed by atoms with Crippen LogP contribution in [0.4, 0.5) is 4.79 Å². The molecule has 7 heteroatoms. The first-order chi connectivity index (χ1) is 13.2. The molecule has 27 heavy (non-hydrogen) atoms. The number of rotatable bonds is 5. The molecular formula is C20H24N4O3. The summed E-state index contributed by atoms with van der Waals surface area (Å²) in [7, 11) is 0. The van der Waals surface area contributed by atoms with E-state index in [4.69, 9.17) is 14.1 Å². The van der Waals surface area contributed by atoms with Gasteiger partial charge in [-0.3, -0.25) is 0 Å². The standard InChI is InChI=1S/C20H24N4O3/c1-2-26-20(25)23-10-7-15(8-11-23)13-18-22-17-6-3-9-21-19(17)24(18)14-16-5-4-12-27-16/h3-6,9,12,15H,2,7-8,10-11,13-14H2,1H3. The van der Waals surface area contributed by atoms with Gasteiger partial charge in [0.1, 0.15) is 17.1 Å². The fourth-order valence-electron chi connectivity index (χ4n) is 3.68. The molecule has 142 valence electrons. The molecule has 3 aromatic heterocycles. The Morgan fingerprint density at radius 3 is 2.89 bits per heavy atom. The molecule has 1 aliphatic rings. The highest BCUT2D eigenvalue weighted by molar-refractivity contribution is 5.71. The van der Waals surface area contributed by atoms with Gasteiger partial charge in [0, 0.05) is 25.7 Å². The van der Waals surface area contributed by atoms with Crippen LogP contribution in [0.25, 0.3) is 11.2 Å².